The van der Waals surface area contributed by atoms with Crippen molar-refractivity contribution in [3.8, 4) is 0 Å². The fourth-order valence-electron chi connectivity index (χ4n) is 3.46. The number of aromatic nitrogens is 1. The molecule has 26 heavy (non-hydrogen) atoms. The second-order valence-corrected chi connectivity index (χ2v) is 6.86. The molecule has 1 amide bonds. The van der Waals surface area contributed by atoms with E-state index < -0.39 is 0 Å². The van der Waals surface area contributed by atoms with Crippen LogP contribution in [0.15, 0.2) is 34.7 Å². The van der Waals surface area contributed by atoms with Crippen molar-refractivity contribution in [2.24, 2.45) is 0 Å². The van der Waals surface area contributed by atoms with Crippen molar-refractivity contribution in [1.29, 1.82) is 0 Å². The zero-order valence-corrected chi connectivity index (χ0v) is 14.9. The Bertz CT molecular complexity index is 738. The highest BCUT2D eigenvalue weighted by Crippen LogP contribution is 2.21. The van der Waals surface area contributed by atoms with E-state index in [0.717, 1.165) is 30.9 Å². The molecule has 1 saturated heterocycles. The number of carbonyl (C=O) groups is 1. The lowest BCUT2D eigenvalue weighted by Crippen LogP contribution is -2.38. The van der Waals surface area contributed by atoms with Crippen LogP contribution in [0.4, 0.5) is 0 Å². The summed E-state index contributed by atoms with van der Waals surface area (Å²) in [5, 5.41) is 0. The maximum absolute atomic E-state index is 12.4. The Morgan fingerprint density at radius 1 is 1.31 bits per heavy atom. The summed E-state index contributed by atoms with van der Waals surface area (Å²) >= 11 is 0. The Hall–Kier alpha value is -2.18. The summed E-state index contributed by atoms with van der Waals surface area (Å²) < 4.78 is 16.9. The number of carbonyl (C=O) groups excluding carboxylic acids is 1. The lowest BCUT2D eigenvalue weighted by Gasteiger charge is -2.25. The Balaban J connectivity index is 1.30. The van der Waals surface area contributed by atoms with Gasteiger partial charge in [-0.2, -0.15) is 0 Å². The molecule has 2 aliphatic rings. The van der Waals surface area contributed by atoms with Crippen LogP contribution in [0.1, 0.15) is 35.7 Å². The number of nitrogens with zero attached hydrogens (tertiary/aromatic N) is 2. The van der Waals surface area contributed by atoms with Gasteiger partial charge in [0.1, 0.15) is 18.1 Å². The van der Waals surface area contributed by atoms with Crippen molar-refractivity contribution in [2.45, 2.75) is 38.3 Å². The summed E-state index contributed by atoms with van der Waals surface area (Å²) in [6, 6.07) is 10.1. The Morgan fingerprint density at radius 3 is 3.00 bits per heavy atom. The molecule has 6 heteroatoms. The number of rotatable bonds is 6. The molecular formula is C20H24N2O4. The Kier molecular flexibility index (Phi) is 5.32. The molecule has 2 aromatic rings. The third-order valence-electron chi connectivity index (χ3n) is 4.88. The lowest BCUT2D eigenvalue weighted by molar-refractivity contribution is -0.138. The first-order valence-electron chi connectivity index (χ1n) is 9.26. The van der Waals surface area contributed by atoms with Gasteiger partial charge in [-0.15, -0.1) is 0 Å². The minimum atomic E-state index is 0.00116. The van der Waals surface area contributed by atoms with E-state index in [4.69, 9.17) is 13.9 Å². The summed E-state index contributed by atoms with van der Waals surface area (Å²) in [6.07, 6.45) is 3.62. The summed E-state index contributed by atoms with van der Waals surface area (Å²) in [4.78, 5) is 18.8. The number of hydrogen-bond donors (Lipinski definition) is 0. The van der Waals surface area contributed by atoms with Gasteiger partial charge in [0.25, 0.3) is 0 Å². The molecule has 6 nitrogen and oxygen atoms in total. The highest BCUT2D eigenvalue weighted by atomic mass is 16.5. The van der Waals surface area contributed by atoms with E-state index >= 15 is 0 Å². The van der Waals surface area contributed by atoms with Gasteiger partial charge in [0.2, 0.25) is 5.91 Å². The van der Waals surface area contributed by atoms with Crippen LogP contribution in [0, 0.1) is 0 Å². The van der Waals surface area contributed by atoms with Gasteiger partial charge in [-0.05, 0) is 18.4 Å². The maximum atomic E-state index is 12.4. The van der Waals surface area contributed by atoms with Crippen LogP contribution < -0.4 is 0 Å². The number of amides is 1. The molecule has 0 aliphatic carbocycles. The molecule has 1 unspecified atom stereocenters. The fourth-order valence-corrected chi connectivity index (χ4v) is 3.46. The second-order valence-electron chi connectivity index (χ2n) is 6.86. The van der Waals surface area contributed by atoms with Gasteiger partial charge in [-0.25, -0.2) is 4.98 Å². The molecular weight excluding hydrogens is 332 g/mol. The average molecular weight is 356 g/mol. The summed E-state index contributed by atoms with van der Waals surface area (Å²) in [7, 11) is 0. The largest absolute Gasteiger partial charge is 0.445 e. The predicted octanol–water partition coefficient (Wildman–Crippen LogP) is 2.35. The highest BCUT2D eigenvalue weighted by Gasteiger charge is 2.26. The first-order chi connectivity index (χ1) is 12.8. The van der Waals surface area contributed by atoms with Crippen LogP contribution in [-0.2, 0) is 33.7 Å². The van der Waals surface area contributed by atoms with Crippen molar-refractivity contribution in [3.63, 3.8) is 0 Å². The summed E-state index contributed by atoms with van der Waals surface area (Å²) in [6.45, 7) is 2.54. The van der Waals surface area contributed by atoms with E-state index in [1.54, 1.807) is 4.90 Å². The van der Waals surface area contributed by atoms with Crippen LogP contribution >= 0.6 is 0 Å². The molecule has 1 atom stereocenters. The first kappa shape index (κ1) is 17.2. The predicted molar refractivity (Wildman–Crippen MR) is 94.7 cm³/mol. The number of oxazole rings is 1. The molecule has 0 spiro atoms. The highest BCUT2D eigenvalue weighted by molar-refractivity contribution is 5.77. The van der Waals surface area contributed by atoms with E-state index in [9.17, 15) is 4.79 Å². The molecule has 2 aliphatic heterocycles. The molecule has 0 N–H and O–H groups in total. The SMILES string of the molecule is O=C(COCC1CCCO1)N1CCc2oc(Cc3ccccc3)nc2C1. The zero-order chi connectivity index (χ0) is 17.8. The third-order valence-corrected chi connectivity index (χ3v) is 4.88. The van der Waals surface area contributed by atoms with Crippen molar-refractivity contribution >= 4 is 5.91 Å². The van der Waals surface area contributed by atoms with Crippen LogP contribution in [0.25, 0.3) is 0 Å². The topological polar surface area (TPSA) is 64.8 Å². The van der Waals surface area contributed by atoms with E-state index in [1.165, 1.54) is 5.56 Å². The standard InChI is InChI=1S/C20H24N2O4/c23-20(14-24-13-16-7-4-10-25-16)22-9-8-18-17(12-22)21-19(26-18)11-15-5-2-1-3-6-15/h1-3,5-6,16H,4,7-14H2. The molecule has 3 heterocycles. The molecule has 0 radical (unpaired) electrons. The smallest absolute Gasteiger partial charge is 0.248 e. The van der Waals surface area contributed by atoms with Gasteiger partial charge in [-0.1, -0.05) is 30.3 Å². The molecule has 0 saturated carbocycles. The van der Waals surface area contributed by atoms with E-state index in [2.05, 4.69) is 17.1 Å². The Morgan fingerprint density at radius 2 is 2.19 bits per heavy atom. The number of fused-ring (bicyclic) bond motifs is 1. The van der Waals surface area contributed by atoms with Crippen LogP contribution in [0.3, 0.4) is 0 Å². The normalized spacial score (nSPS) is 19.5. The molecule has 0 bridgehead atoms. The summed E-state index contributed by atoms with van der Waals surface area (Å²) in [5.74, 6) is 1.62. The van der Waals surface area contributed by atoms with E-state index in [-0.39, 0.29) is 18.6 Å². The van der Waals surface area contributed by atoms with Crippen molar-refractivity contribution in [1.82, 2.24) is 9.88 Å². The van der Waals surface area contributed by atoms with Gasteiger partial charge in [0.05, 0.1) is 19.3 Å². The minimum Gasteiger partial charge on any atom is -0.445 e. The molecule has 1 aromatic heterocycles. The quantitative estimate of drug-likeness (QED) is 0.795. The van der Waals surface area contributed by atoms with Gasteiger partial charge in [0, 0.05) is 26.0 Å². The van der Waals surface area contributed by atoms with Gasteiger partial charge in [0.15, 0.2) is 5.89 Å². The van der Waals surface area contributed by atoms with E-state index in [1.807, 2.05) is 18.2 Å². The number of hydrogen-bond acceptors (Lipinski definition) is 5. The average Bonchev–Trinajstić information content (AvgIpc) is 3.31. The molecule has 4 rings (SSSR count). The van der Waals surface area contributed by atoms with Crippen molar-refractivity contribution in [2.75, 3.05) is 26.4 Å². The third kappa shape index (κ3) is 4.14. The van der Waals surface area contributed by atoms with Crippen LogP contribution in [-0.4, -0.2) is 48.3 Å². The monoisotopic (exact) mass is 356 g/mol. The van der Waals surface area contributed by atoms with Gasteiger partial charge < -0.3 is 18.8 Å². The fraction of sp³-hybridized carbons (Fsp3) is 0.500. The van der Waals surface area contributed by atoms with Crippen LogP contribution in [0.5, 0.6) is 0 Å². The van der Waals surface area contributed by atoms with Gasteiger partial charge >= 0.3 is 0 Å². The van der Waals surface area contributed by atoms with Gasteiger partial charge in [-0.3, -0.25) is 4.79 Å². The molecule has 1 fully saturated rings. The molecule has 1 aromatic carbocycles. The maximum Gasteiger partial charge on any atom is 0.248 e. The van der Waals surface area contributed by atoms with Crippen molar-refractivity contribution in [3.05, 3.63) is 53.2 Å². The number of ether oxygens (including phenoxy) is 2. The summed E-state index contributed by atoms with van der Waals surface area (Å²) in [5.41, 5.74) is 2.04. The minimum absolute atomic E-state index is 0.00116. The van der Waals surface area contributed by atoms with Crippen LogP contribution in [0.2, 0.25) is 0 Å². The zero-order valence-electron chi connectivity index (χ0n) is 14.9. The Labute approximate surface area is 153 Å². The number of benzene rings is 1. The lowest BCUT2D eigenvalue weighted by atomic mass is 10.1. The first-order valence-corrected chi connectivity index (χ1v) is 9.26. The van der Waals surface area contributed by atoms with Crippen molar-refractivity contribution < 1.29 is 18.7 Å². The second kappa shape index (κ2) is 8.01. The molecule has 138 valence electrons. The van der Waals surface area contributed by atoms with E-state index in [0.29, 0.717) is 38.4 Å².